The van der Waals surface area contributed by atoms with Crippen LogP contribution in [0.4, 0.5) is 5.69 Å². The van der Waals surface area contributed by atoms with Gasteiger partial charge in [-0.2, -0.15) is 0 Å². The molecule has 26 heavy (non-hydrogen) atoms. The van der Waals surface area contributed by atoms with Gasteiger partial charge in [-0.15, -0.1) is 0 Å². The zero-order chi connectivity index (χ0) is 18.9. The lowest BCUT2D eigenvalue weighted by Gasteiger charge is -2.21. The lowest BCUT2D eigenvalue weighted by atomic mass is 10.1. The number of hydrogen-bond donors (Lipinski definition) is 1. The van der Waals surface area contributed by atoms with Crippen LogP contribution < -0.4 is 10.1 Å². The summed E-state index contributed by atoms with van der Waals surface area (Å²) in [4.78, 5) is 26.9. The van der Waals surface area contributed by atoms with E-state index in [0.29, 0.717) is 22.6 Å². The summed E-state index contributed by atoms with van der Waals surface area (Å²) < 4.78 is 5.10. The Kier molecular flexibility index (Phi) is 7.21. The largest absolute Gasteiger partial charge is 0.497 e. The number of hydrogen-bond acceptors (Lipinski definition) is 3. The molecule has 0 bridgehead atoms. The maximum atomic E-state index is 12.7. The normalized spacial score (nSPS) is 10.3. The van der Waals surface area contributed by atoms with Crippen LogP contribution in [0.5, 0.6) is 5.75 Å². The van der Waals surface area contributed by atoms with E-state index in [4.69, 9.17) is 4.74 Å². The van der Waals surface area contributed by atoms with E-state index in [9.17, 15) is 9.59 Å². The second-order valence-corrected chi connectivity index (χ2v) is 6.06. The standard InChI is InChI=1S/C21H26N2O3/c1-4-13-23(14-5-2)21(25)17-7-6-8-18(15-17)22-20(24)16-9-11-19(26-3)12-10-16/h6-12,15H,4-5,13-14H2,1-3H3,(H,22,24). The summed E-state index contributed by atoms with van der Waals surface area (Å²) in [5, 5.41) is 2.84. The molecule has 138 valence electrons. The molecule has 1 N–H and O–H groups in total. The highest BCUT2D eigenvalue weighted by Gasteiger charge is 2.15. The van der Waals surface area contributed by atoms with Crippen molar-refractivity contribution in [3.8, 4) is 5.75 Å². The van der Waals surface area contributed by atoms with Gasteiger partial charge in [-0.25, -0.2) is 0 Å². The Bertz CT molecular complexity index is 735. The summed E-state index contributed by atoms with van der Waals surface area (Å²) in [6.07, 6.45) is 1.83. The summed E-state index contributed by atoms with van der Waals surface area (Å²) in [5.74, 6) is 0.464. The Labute approximate surface area is 155 Å². The minimum atomic E-state index is -0.226. The van der Waals surface area contributed by atoms with Gasteiger partial charge < -0.3 is 15.0 Å². The van der Waals surface area contributed by atoms with Crippen LogP contribution in [0.2, 0.25) is 0 Å². The molecule has 0 radical (unpaired) electrons. The smallest absolute Gasteiger partial charge is 0.255 e. The van der Waals surface area contributed by atoms with Gasteiger partial charge >= 0.3 is 0 Å². The zero-order valence-corrected chi connectivity index (χ0v) is 15.6. The average Bonchev–Trinajstić information content (AvgIpc) is 2.67. The van der Waals surface area contributed by atoms with Crippen LogP contribution in [0.1, 0.15) is 47.4 Å². The first-order valence-corrected chi connectivity index (χ1v) is 8.93. The van der Waals surface area contributed by atoms with E-state index in [1.165, 1.54) is 0 Å². The van der Waals surface area contributed by atoms with Crippen molar-refractivity contribution in [2.75, 3.05) is 25.5 Å². The molecule has 0 spiro atoms. The Balaban J connectivity index is 2.12. The van der Waals surface area contributed by atoms with Gasteiger partial charge in [0, 0.05) is 29.9 Å². The first-order valence-electron chi connectivity index (χ1n) is 8.93. The summed E-state index contributed by atoms with van der Waals surface area (Å²) in [5.41, 5.74) is 1.71. The highest BCUT2D eigenvalue weighted by atomic mass is 16.5. The quantitative estimate of drug-likeness (QED) is 0.772. The molecule has 2 aromatic carbocycles. The molecule has 2 amide bonds. The fourth-order valence-corrected chi connectivity index (χ4v) is 2.71. The fraction of sp³-hybridized carbons (Fsp3) is 0.333. The van der Waals surface area contributed by atoms with Crippen molar-refractivity contribution in [1.82, 2.24) is 4.90 Å². The van der Waals surface area contributed by atoms with Crippen molar-refractivity contribution < 1.29 is 14.3 Å². The Morgan fingerprint density at radius 2 is 1.62 bits per heavy atom. The minimum absolute atomic E-state index is 0.00533. The number of nitrogens with zero attached hydrogens (tertiary/aromatic N) is 1. The van der Waals surface area contributed by atoms with Gasteiger partial charge in [0.05, 0.1) is 7.11 Å². The highest BCUT2D eigenvalue weighted by Crippen LogP contribution is 2.16. The maximum absolute atomic E-state index is 12.7. The highest BCUT2D eigenvalue weighted by molar-refractivity contribution is 6.05. The first-order chi connectivity index (χ1) is 12.6. The number of ether oxygens (including phenoxy) is 1. The molecule has 0 aliphatic heterocycles. The number of carbonyl (C=O) groups excluding carboxylic acids is 2. The van der Waals surface area contributed by atoms with Crippen LogP contribution in [0, 0.1) is 0 Å². The van der Waals surface area contributed by atoms with Crippen LogP contribution >= 0.6 is 0 Å². The van der Waals surface area contributed by atoms with E-state index in [-0.39, 0.29) is 11.8 Å². The van der Waals surface area contributed by atoms with Crippen LogP contribution in [0.15, 0.2) is 48.5 Å². The van der Waals surface area contributed by atoms with Crippen LogP contribution in [0.25, 0.3) is 0 Å². The number of nitrogens with one attached hydrogen (secondary N) is 1. The molecule has 0 atom stereocenters. The molecule has 5 heteroatoms. The second kappa shape index (κ2) is 9.61. The molecule has 0 saturated heterocycles. The molecular formula is C21H26N2O3. The topological polar surface area (TPSA) is 58.6 Å². The van der Waals surface area contributed by atoms with E-state index in [1.54, 1.807) is 55.6 Å². The summed E-state index contributed by atoms with van der Waals surface area (Å²) in [6, 6.07) is 14.0. The van der Waals surface area contributed by atoms with Crippen LogP contribution in [-0.4, -0.2) is 36.9 Å². The summed E-state index contributed by atoms with van der Waals surface area (Å²) >= 11 is 0. The third-order valence-electron chi connectivity index (χ3n) is 3.99. The van der Waals surface area contributed by atoms with Crippen LogP contribution in [-0.2, 0) is 0 Å². The number of carbonyl (C=O) groups is 2. The SMILES string of the molecule is CCCN(CCC)C(=O)c1cccc(NC(=O)c2ccc(OC)cc2)c1. The van der Waals surface area contributed by atoms with E-state index in [2.05, 4.69) is 19.2 Å². The molecule has 0 aromatic heterocycles. The maximum Gasteiger partial charge on any atom is 0.255 e. The summed E-state index contributed by atoms with van der Waals surface area (Å²) in [7, 11) is 1.58. The van der Waals surface area contributed by atoms with Crippen molar-refractivity contribution in [3.63, 3.8) is 0 Å². The first kappa shape index (κ1) is 19.5. The molecule has 2 rings (SSSR count). The predicted molar refractivity (Wildman–Crippen MR) is 104 cm³/mol. The monoisotopic (exact) mass is 354 g/mol. The summed E-state index contributed by atoms with van der Waals surface area (Å²) in [6.45, 7) is 5.58. The molecule has 0 aliphatic rings. The molecule has 0 aliphatic carbocycles. The fourth-order valence-electron chi connectivity index (χ4n) is 2.71. The molecule has 0 saturated carbocycles. The van der Waals surface area contributed by atoms with E-state index < -0.39 is 0 Å². The third-order valence-corrected chi connectivity index (χ3v) is 3.99. The lowest BCUT2D eigenvalue weighted by molar-refractivity contribution is 0.0755. The van der Waals surface area contributed by atoms with Gasteiger partial charge in [0.15, 0.2) is 0 Å². The van der Waals surface area contributed by atoms with E-state index in [0.717, 1.165) is 25.9 Å². The van der Waals surface area contributed by atoms with Gasteiger partial charge in [-0.3, -0.25) is 9.59 Å². The van der Waals surface area contributed by atoms with Gasteiger partial charge in [-0.05, 0) is 55.3 Å². The Morgan fingerprint density at radius 3 is 2.19 bits per heavy atom. The Morgan fingerprint density at radius 1 is 0.962 bits per heavy atom. The van der Waals surface area contributed by atoms with Crippen molar-refractivity contribution in [3.05, 3.63) is 59.7 Å². The zero-order valence-electron chi connectivity index (χ0n) is 15.6. The number of methoxy groups -OCH3 is 1. The average molecular weight is 354 g/mol. The number of benzene rings is 2. The number of anilines is 1. The molecule has 0 fully saturated rings. The molecule has 0 unspecified atom stereocenters. The van der Waals surface area contributed by atoms with Crippen LogP contribution in [0.3, 0.4) is 0 Å². The molecule has 0 heterocycles. The van der Waals surface area contributed by atoms with Gasteiger partial charge in [0.2, 0.25) is 0 Å². The molecular weight excluding hydrogens is 328 g/mol. The van der Waals surface area contributed by atoms with Crippen molar-refractivity contribution in [2.45, 2.75) is 26.7 Å². The second-order valence-electron chi connectivity index (χ2n) is 6.06. The number of rotatable bonds is 8. The van der Waals surface area contributed by atoms with E-state index >= 15 is 0 Å². The lowest BCUT2D eigenvalue weighted by Crippen LogP contribution is -2.32. The Hall–Kier alpha value is -2.82. The minimum Gasteiger partial charge on any atom is -0.497 e. The van der Waals surface area contributed by atoms with E-state index in [1.807, 2.05) is 4.90 Å². The molecule has 2 aromatic rings. The predicted octanol–water partition coefficient (Wildman–Crippen LogP) is 4.21. The molecule has 5 nitrogen and oxygen atoms in total. The van der Waals surface area contributed by atoms with Crippen molar-refractivity contribution in [1.29, 1.82) is 0 Å². The third kappa shape index (κ3) is 5.09. The van der Waals surface area contributed by atoms with Gasteiger partial charge in [-0.1, -0.05) is 19.9 Å². The van der Waals surface area contributed by atoms with Crippen molar-refractivity contribution >= 4 is 17.5 Å². The van der Waals surface area contributed by atoms with Gasteiger partial charge in [0.1, 0.15) is 5.75 Å². The van der Waals surface area contributed by atoms with Gasteiger partial charge in [0.25, 0.3) is 11.8 Å². The van der Waals surface area contributed by atoms with Crippen molar-refractivity contribution in [2.24, 2.45) is 0 Å². The number of amides is 2.